The van der Waals surface area contributed by atoms with Crippen molar-refractivity contribution in [1.29, 1.82) is 0 Å². The minimum Gasteiger partial charge on any atom is -0.496 e. The second-order valence-corrected chi connectivity index (χ2v) is 5.28. The third-order valence-corrected chi connectivity index (χ3v) is 3.92. The van der Waals surface area contributed by atoms with E-state index in [0.29, 0.717) is 5.75 Å². The van der Waals surface area contributed by atoms with Gasteiger partial charge in [0.15, 0.2) is 11.5 Å². The largest absolute Gasteiger partial charge is 0.496 e. The van der Waals surface area contributed by atoms with Crippen LogP contribution in [0.3, 0.4) is 0 Å². The summed E-state index contributed by atoms with van der Waals surface area (Å²) in [5.41, 5.74) is 1.10. The molecule has 0 aliphatic heterocycles. The van der Waals surface area contributed by atoms with Gasteiger partial charge in [-0.2, -0.15) is 0 Å². The monoisotopic (exact) mass is 310 g/mol. The highest BCUT2D eigenvalue weighted by Gasteiger charge is 2.13. The van der Waals surface area contributed by atoms with Crippen LogP contribution in [0.5, 0.6) is 17.2 Å². The molecule has 126 valence electrons. The molecule has 5 heteroatoms. The zero-order chi connectivity index (χ0) is 16.5. The van der Waals surface area contributed by atoms with Gasteiger partial charge in [0.25, 0.3) is 0 Å². The molecular weight excluding hydrogens is 280 g/mol. The number of hydrogen-bond donors (Lipinski definition) is 0. The highest BCUT2D eigenvalue weighted by atomic mass is 16.5. The van der Waals surface area contributed by atoms with Gasteiger partial charge in [0.2, 0.25) is 0 Å². The third-order valence-electron chi connectivity index (χ3n) is 3.92. The number of ether oxygens (including phenoxy) is 3. The van der Waals surface area contributed by atoms with Gasteiger partial charge in [0.05, 0.1) is 21.3 Å². The Morgan fingerprint density at radius 2 is 1.36 bits per heavy atom. The Morgan fingerprint density at radius 3 is 1.86 bits per heavy atom. The van der Waals surface area contributed by atoms with Gasteiger partial charge in [-0.1, -0.05) is 13.8 Å². The molecule has 0 aliphatic carbocycles. The Hall–Kier alpha value is -1.46. The lowest BCUT2D eigenvalue weighted by Gasteiger charge is -2.24. The van der Waals surface area contributed by atoms with Crippen LogP contribution in [0, 0.1) is 0 Å². The molecule has 1 rings (SSSR count). The van der Waals surface area contributed by atoms with E-state index in [4.69, 9.17) is 14.2 Å². The van der Waals surface area contributed by atoms with E-state index < -0.39 is 0 Å². The Morgan fingerprint density at radius 1 is 0.818 bits per heavy atom. The molecule has 0 radical (unpaired) electrons. The molecule has 0 amide bonds. The predicted molar refractivity (Wildman–Crippen MR) is 90.2 cm³/mol. The molecule has 0 saturated carbocycles. The molecule has 0 bridgehead atoms. The number of benzene rings is 1. The van der Waals surface area contributed by atoms with Gasteiger partial charge >= 0.3 is 0 Å². The fourth-order valence-electron chi connectivity index (χ4n) is 2.44. The lowest BCUT2D eigenvalue weighted by molar-refractivity contribution is 0.234. The summed E-state index contributed by atoms with van der Waals surface area (Å²) in [6, 6.07) is 3.87. The van der Waals surface area contributed by atoms with E-state index in [-0.39, 0.29) is 0 Å². The zero-order valence-corrected chi connectivity index (χ0v) is 14.8. The highest BCUT2D eigenvalue weighted by molar-refractivity contribution is 5.50. The average Bonchev–Trinajstić information content (AvgIpc) is 2.55. The van der Waals surface area contributed by atoms with Crippen LogP contribution in [0.4, 0.5) is 0 Å². The van der Waals surface area contributed by atoms with E-state index in [9.17, 15) is 0 Å². The van der Waals surface area contributed by atoms with Crippen LogP contribution in [-0.4, -0.2) is 64.4 Å². The molecule has 1 aromatic carbocycles. The van der Waals surface area contributed by atoms with Gasteiger partial charge < -0.3 is 24.0 Å². The standard InChI is InChI=1S/C17H30N2O3/c1-7-19(8-2)10-9-18(3)13-14-11-16(21-5)17(22-6)12-15(14)20-4/h11-12H,7-10,13H2,1-6H3. The summed E-state index contributed by atoms with van der Waals surface area (Å²) in [6.07, 6.45) is 0. The first kappa shape index (κ1) is 18.6. The number of nitrogens with zero attached hydrogens (tertiary/aromatic N) is 2. The maximum Gasteiger partial charge on any atom is 0.164 e. The van der Waals surface area contributed by atoms with Gasteiger partial charge in [-0.15, -0.1) is 0 Å². The van der Waals surface area contributed by atoms with Crippen LogP contribution < -0.4 is 14.2 Å². The minimum atomic E-state index is 0.689. The first-order chi connectivity index (χ1) is 10.6. The lowest BCUT2D eigenvalue weighted by Crippen LogP contribution is -2.32. The first-order valence-electron chi connectivity index (χ1n) is 7.79. The molecule has 5 nitrogen and oxygen atoms in total. The Balaban J connectivity index is 2.78. The van der Waals surface area contributed by atoms with E-state index >= 15 is 0 Å². The summed E-state index contributed by atoms with van der Waals surface area (Å²) in [7, 11) is 7.09. The topological polar surface area (TPSA) is 34.2 Å². The maximum absolute atomic E-state index is 5.48. The normalized spacial score (nSPS) is 11.1. The third kappa shape index (κ3) is 5.07. The lowest BCUT2D eigenvalue weighted by atomic mass is 10.1. The van der Waals surface area contributed by atoms with E-state index in [1.165, 1.54) is 0 Å². The average molecular weight is 310 g/mol. The van der Waals surface area contributed by atoms with E-state index in [1.807, 2.05) is 12.1 Å². The second-order valence-electron chi connectivity index (χ2n) is 5.28. The van der Waals surface area contributed by atoms with E-state index in [1.54, 1.807) is 21.3 Å². The van der Waals surface area contributed by atoms with Crippen molar-refractivity contribution in [3.8, 4) is 17.2 Å². The molecule has 0 saturated heterocycles. The number of rotatable bonds is 10. The van der Waals surface area contributed by atoms with E-state index in [2.05, 4.69) is 30.7 Å². The first-order valence-corrected chi connectivity index (χ1v) is 7.79. The Labute approximate surface area is 134 Å². The summed E-state index contributed by atoms with van der Waals surface area (Å²) in [6.45, 7) is 9.46. The van der Waals surface area contributed by atoms with Gasteiger partial charge in [-0.3, -0.25) is 0 Å². The zero-order valence-electron chi connectivity index (χ0n) is 14.8. The molecule has 0 fully saturated rings. The second kappa shape index (κ2) is 9.54. The van der Waals surface area contributed by atoms with Gasteiger partial charge in [0, 0.05) is 31.3 Å². The SMILES string of the molecule is CCN(CC)CCN(C)Cc1cc(OC)c(OC)cc1OC. The molecule has 0 heterocycles. The van der Waals surface area contributed by atoms with E-state index in [0.717, 1.165) is 49.8 Å². The van der Waals surface area contributed by atoms with Crippen LogP contribution in [0.1, 0.15) is 19.4 Å². The van der Waals surface area contributed by atoms with Crippen LogP contribution in [-0.2, 0) is 6.54 Å². The molecule has 0 aromatic heterocycles. The molecule has 0 N–H and O–H groups in total. The number of likely N-dealkylation sites (N-methyl/N-ethyl adjacent to an activating group) is 2. The van der Waals surface area contributed by atoms with Crippen molar-refractivity contribution >= 4 is 0 Å². The van der Waals surface area contributed by atoms with Crippen molar-refractivity contribution in [1.82, 2.24) is 9.80 Å². The van der Waals surface area contributed by atoms with Crippen LogP contribution in [0.15, 0.2) is 12.1 Å². The number of hydrogen-bond acceptors (Lipinski definition) is 5. The van der Waals surface area contributed by atoms with Gasteiger partial charge in [-0.25, -0.2) is 0 Å². The molecule has 0 unspecified atom stereocenters. The smallest absolute Gasteiger partial charge is 0.164 e. The Kier molecular flexibility index (Phi) is 8.06. The van der Waals surface area contributed by atoms with Crippen molar-refractivity contribution < 1.29 is 14.2 Å². The van der Waals surface area contributed by atoms with Crippen LogP contribution >= 0.6 is 0 Å². The van der Waals surface area contributed by atoms with Crippen molar-refractivity contribution in [2.45, 2.75) is 20.4 Å². The quantitative estimate of drug-likeness (QED) is 0.663. The summed E-state index contributed by atoms with van der Waals surface area (Å²) in [4.78, 5) is 4.71. The minimum absolute atomic E-state index is 0.689. The molecular formula is C17H30N2O3. The van der Waals surface area contributed by atoms with Gasteiger partial charge in [-0.05, 0) is 26.2 Å². The highest BCUT2D eigenvalue weighted by Crippen LogP contribution is 2.35. The van der Waals surface area contributed by atoms with Crippen molar-refractivity contribution in [3.05, 3.63) is 17.7 Å². The summed E-state index contributed by atoms with van der Waals surface area (Å²) >= 11 is 0. The molecule has 0 aliphatic rings. The predicted octanol–water partition coefficient (Wildman–Crippen LogP) is 2.49. The van der Waals surface area contributed by atoms with Gasteiger partial charge in [0.1, 0.15) is 5.75 Å². The Bertz CT molecular complexity index is 448. The molecule has 0 spiro atoms. The fraction of sp³-hybridized carbons (Fsp3) is 0.647. The summed E-state index contributed by atoms with van der Waals surface area (Å²) < 4.78 is 16.2. The van der Waals surface area contributed by atoms with Crippen LogP contribution in [0.25, 0.3) is 0 Å². The van der Waals surface area contributed by atoms with Crippen LogP contribution in [0.2, 0.25) is 0 Å². The molecule has 0 atom stereocenters. The van der Waals surface area contributed by atoms with Crippen molar-refractivity contribution in [2.75, 3.05) is 54.6 Å². The fourth-order valence-corrected chi connectivity index (χ4v) is 2.44. The molecule has 22 heavy (non-hydrogen) atoms. The van der Waals surface area contributed by atoms with Crippen molar-refractivity contribution in [3.63, 3.8) is 0 Å². The summed E-state index contributed by atoms with van der Waals surface area (Å²) in [5, 5.41) is 0. The molecule has 1 aromatic rings. The number of methoxy groups -OCH3 is 3. The maximum atomic E-state index is 5.48. The summed E-state index contributed by atoms with van der Waals surface area (Å²) in [5.74, 6) is 2.25. The van der Waals surface area contributed by atoms with Crippen molar-refractivity contribution in [2.24, 2.45) is 0 Å².